The van der Waals surface area contributed by atoms with E-state index in [1.807, 2.05) is 13.8 Å². The Balaban J connectivity index is 2.62. The van der Waals surface area contributed by atoms with Crippen LogP contribution in [-0.4, -0.2) is 17.5 Å². The third-order valence-electron chi connectivity index (χ3n) is 3.20. The number of terminal acetylenes is 1. The van der Waals surface area contributed by atoms with Crippen molar-refractivity contribution in [2.75, 3.05) is 0 Å². The second kappa shape index (κ2) is 5.36. The standard InChI is InChI=1S/C13H22N2O/c1-4-13(2,3)15-12(16)10-8-6-5-7-9-11(10)14/h1,10-11H,5-9,14H2,2-3H3,(H,15,16). The molecule has 0 saturated heterocycles. The molecule has 3 nitrogen and oxygen atoms in total. The van der Waals surface area contributed by atoms with Crippen molar-refractivity contribution in [1.29, 1.82) is 0 Å². The number of amides is 1. The molecule has 1 fully saturated rings. The highest BCUT2D eigenvalue weighted by molar-refractivity contribution is 5.80. The van der Waals surface area contributed by atoms with Crippen molar-refractivity contribution >= 4 is 5.91 Å². The summed E-state index contributed by atoms with van der Waals surface area (Å²) in [5.41, 5.74) is 5.45. The smallest absolute Gasteiger partial charge is 0.225 e. The summed E-state index contributed by atoms with van der Waals surface area (Å²) in [6, 6.07) is -0.0175. The van der Waals surface area contributed by atoms with E-state index in [1.165, 1.54) is 6.42 Å². The van der Waals surface area contributed by atoms with Gasteiger partial charge in [-0.1, -0.05) is 25.2 Å². The van der Waals surface area contributed by atoms with E-state index in [9.17, 15) is 4.79 Å². The van der Waals surface area contributed by atoms with Crippen LogP contribution >= 0.6 is 0 Å². The molecule has 0 bridgehead atoms. The first kappa shape index (κ1) is 13.1. The lowest BCUT2D eigenvalue weighted by atomic mass is 9.93. The predicted molar refractivity (Wildman–Crippen MR) is 65.6 cm³/mol. The molecule has 2 unspecified atom stereocenters. The molecule has 1 saturated carbocycles. The number of rotatable bonds is 2. The highest BCUT2D eigenvalue weighted by Crippen LogP contribution is 2.22. The zero-order valence-corrected chi connectivity index (χ0v) is 10.3. The largest absolute Gasteiger partial charge is 0.340 e. The maximum absolute atomic E-state index is 12.0. The van der Waals surface area contributed by atoms with Gasteiger partial charge in [-0.05, 0) is 26.7 Å². The molecule has 0 heterocycles. The van der Waals surface area contributed by atoms with E-state index in [2.05, 4.69) is 11.2 Å². The highest BCUT2D eigenvalue weighted by atomic mass is 16.2. The fraction of sp³-hybridized carbons (Fsp3) is 0.769. The van der Waals surface area contributed by atoms with Crippen LogP contribution in [0.5, 0.6) is 0 Å². The lowest BCUT2D eigenvalue weighted by Gasteiger charge is -2.26. The first-order chi connectivity index (χ1) is 7.46. The quantitative estimate of drug-likeness (QED) is 0.548. The van der Waals surface area contributed by atoms with Crippen molar-refractivity contribution in [2.24, 2.45) is 11.7 Å². The summed E-state index contributed by atoms with van der Waals surface area (Å²) in [6.45, 7) is 3.65. The Hall–Kier alpha value is -1.01. The maximum Gasteiger partial charge on any atom is 0.225 e. The molecule has 0 aliphatic heterocycles. The summed E-state index contributed by atoms with van der Waals surface area (Å²) in [4.78, 5) is 12.0. The molecule has 16 heavy (non-hydrogen) atoms. The molecule has 90 valence electrons. The van der Waals surface area contributed by atoms with Gasteiger partial charge in [0.05, 0.1) is 11.5 Å². The predicted octanol–water partition coefficient (Wildman–Crippen LogP) is 1.42. The van der Waals surface area contributed by atoms with Crippen LogP contribution < -0.4 is 11.1 Å². The molecule has 0 aromatic rings. The van der Waals surface area contributed by atoms with Crippen LogP contribution in [0.4, 0.5) is 0 Å². The third-order valence-corrected chi connectivity index (χ3v) is 3.20. The zero-order chi connectivity index (χ0) is 12.2. The van der Waals surface area contributed by atoms with E-state index >= 15 is 0 Å². The fourth-order valence-corrected chi connectivity index (χ4v) is 2.10. The lowest BCUT2D eigenvalue weighted by Crippen LogP contribution is -2.49. The van der Waals surface area contributed by atoms with Crippen molar-refractivity contribution < 1.29 is 4.79 Å². The lowest BCUT2D eigenvalue weighted by molar-refractivity contribution is -0.126. The second-order valence-electron chi connectivity index (χ2n) is 5.17. The average molecular weight is 222 g/mol. The Labute approximate surface area is 98.2 Å². The molecule has 0 radical (unpaired) electrons. The van der Waals surface area contributed by atoms with Crippen molar-refractivity contribution in [3.05, 3.63) is 0 Å². The summed E-state index contributed by atoms with van der Waals surface area (Å²) < 4.78 is 0. The van der Waals surface area contributed by atoms with Gasteiger partial charge in [-0.25, -0.2) is 0 Å². The molecular weight excluding hydrogens is 200 g/mol. The summed E-state index contributed by atoms with van der Waals surface area (Å²) in [7, 11) is 0. The monoisotopic (exact) mass is 222 g/mol. The summed E-state index contributed by atoms with van der Waals surface area (Å²) in [6.07, 6.45) is 10.6. The van der Waals surface area contributed by atoms with Crippen LogP contribution in [0.3, 0.4) is 0 Å². The van der Waals surface area contributed by atoms with Crippen LogP contribution in [0.1, 0.15) is 46.0 Å². The summed E-state index contributed by atoms with van der Waals surface area (Å²) in [5, 5.41) is 2.88. The molecule has 1 aliphatic carbocycles. The number of nitrogens with one attached hydrogen (secondary N) is 1. The van der Waals surface area contributed by atoms with E-state index in [1.54, 1.807) is 0 Å². The van der Waals surface area contributed by atoms with Gasteiger partial charge in [0.25, 0.3) is 0 Å². The highest BCUT2D eigenvalue weighted by Gasteiger charge is 2.29. The minimum absolute atomic E-state index is 0.0114. The van der Waals surface area contributed by atoms with Gasteiger partial charge in [0, 0.05) is 6.04 Å². The second-order valence-corrected chi connectivity index (χ2v) is 5.17. The van der Waals surface area contributed by atoms with Gasteiger partial charge in [0.2, 0.25) is 5.91 Å². The minimum Gasteiger partial charge on any atom is -0.340 e. The van der Waals surface area contributed by atoms with Crippen LogP contribution in [0.25, 0.3) is 0 Å². The van der Waals surface area contributed by atoms with Crippen LogP contribution in [0, 0.1) is 18.3 Å². The number of hydrogen-bond acceptors (Lipinski definition) is 2. The Kier molecular flexibility index (Phi) is 4.37. The van der Waals surface area contributed by atoms with Crippen molar-refractivity contribution in [2.45, 2.75) is 57.5 Å². The average Bonchev–Trinajstić information content (AvgIpc) is 2.42. The third kappa shape index (κ3) is 3.53. The van der Waals surface area contributed by atoms with Crippen molar-refractivity contribution in [3.8, 4) is 12.3 Å². The number of carbonyl (C=O) groups is 1. The summed E-state index contributed by atoms with van der Waals surface area (Å²) >= 11 is 0. The molecule has 1 aliphatic rings. The van der Waals surface area contributed by atoms with Gasteiger partial charge >= 0.3 is 0 Å². The van der Waals surface area contributed by atoms with Crippen molar-refractivity contribution in [3.63, 3.8) is 0 Å². The molecular formula is C13H22N2O. The SMILES string of the molecule is C#CC(C)(C)NC(=O)C1CCCCCC1N. The molecule has 3 heteroatoms. The molecule has 0 spiro atoms. The van der Waals surface area contributed by atoms with Gasteiger partial charge in [0.15, 0.2) is 0 Å². The summed E-state index contributed by atoms with van der Waals surface area (Å²) in [5.74, 6) is 2.51. The molecule has 3 N–H and O–H groups in total. The Bertz CT molecular complexity index is 291. The number of nitrogens with two attached hydrogens (primary N) is 1. The van der Waals surface area contributed by atoms with Gasteiger partial charge in [0.1, 0.15) is 0 Å². The fourth-order valence-electron chi connectivity index (χ4n) is 2.10. The van der Waals surface area contributed by atoms with E-state index < -0.39 is 5.54 Å². The molecule has 1 rings (SSSR count). The van der Waals surface area contributed by atoms with Crippen LogP contribution in [-0.2, 0) is 4.79 Å². The Morgan fingerprint density at radius 3 is 2.62 bits per heavy atom. The Morgan fingerprint density at radius 2 is 2.00 bits per heavy atom. The van der Waals surface area contributed by atoms with Gasteiger partial charge in [-0.3, -0.25) is 4.79 Å². The van der Waals surface area contributed by atoms with Gasteiger partial charge in [-0.15, -0.1) is 6.42 Å². The molecule has 2 atom stereocenters. The van der Waals surface area contributed by atoms with Crippen LogP contribution in [0.2, 0.25) is 0 Å². The normalized spacial score (nSPS) is 26.6. The minimum atomic E-state index is -0.580. The van der Waals surface area contributed by atoms with E-state index in [4.69, 9.17) is 12.2 Å². The van der Waals surface area contributed by atoms with Crippen molar-refractivity contribution in [1.82, 2.24) is 5.32 Å². The Morgan fingerprint density at radius 1 is 1.38 bits per heavy atom. The maximum atomic E-state index is 12.0. The van der Waals surface area contributed by atoms with E-state index in [-0.39, 0.29) is 17.9 Å². The van der Waals surface area contributed by atoms with Gasteiger partial charge in [-0.2, -0.15) is 0 Å². The number of hydrogen-bond donors (Lipinski definition) is 2. The van der Waals surface area contributed by atoms with Gasteiger partial charge < -0.3 is 11.1 Å². The first-order valence-electron chi connectivity index (χ1n) is 6.01. The molecule has 1 amide bonds. The van der Waals surface area contributed by atoms with Crippen LogP contribution in [0.15, 0.2) is 0 Å². The first-order valence-corrected chi connectivity index (χ1v) is 6.01. The van der Waals surface area contributed by atoms with E-state index in [0.29, 0.717) is 0 Å². The molecule has 0 aromatic carbocycles. The topological polar surface area (TPSA) is 55.1 Å². The number of carbonyl (C=O) groups excluding carboxylic acids is 1. The molecule has 0 aromatic heterocycles. The van der Waals surface area contributed by atoms with E-state index in [0.717, 1.165) is 25.7 Å². The zero-order valence-electron chi connectivity index (χ0n) is 10.3.